The van der Waals surface area contributed by atoms with Gasteiger partial charge in [0.2, 0.25) is 11.8 Å². The van der Waals surface area contributed by atoms with Crippen LogP contribution in [0.4, 0.5) is 0 Å². The minimum Gasteiger partial charge on any atom is -0.375 e. The third-order valence-corrected chi connectivity index (χ3v) is 2.41. The van der Waals surface area contributed by atoms with Gasteiger partial charge < -0.3 is 20.1 Å². The quantitative estimate of drug-likeness (QED) is 0.596. The zero-order valence-electron chi connectivity index (χ0n) is 16.7. The number of hydrogen-bond acceptors (Lipinski definition) is 4. The van der Waals surface area contributed by atoms with Crippen LogP contribution in [0.25, 0.3) is 0 Å². The maximum absolute atomic E-state index is 11.4. The Morgan fingerprint density at radius 1 is 0.875 bits per heavy atom. The first kappa shape index (κ1) is 25.1. The minimum atomic E-state index is -0.294. The van der Waals surface area contributed by atoms with Crippen molar-refractivity contribution in [2.24, 2.45) is 5.92 Å². The predicted molar refractivity (Wildman–Crippen MR) is 98.0 cm³/mol. The number of amides is 2. The lowest BCUT2D eigenvalue weighted by Crippen LogP contribution is -2.32. The van der Waals surface area contributed by atoms with E-state index in [0.29, 0.717) is 13.1 Å². The summed E-state index contributed by atoms with van der Waals surface area (Å²) in [7, 11) is 1.49. The van der Waals surface area contributed by atoms with Crippen LogP contribution in [0.1, 0.15) is 60.8 Å². The molecule has 0 bridgehead atoms. The normalized spacial score (nSPS) is 10.8. The smallest absolute Gasteiger partial charge is 0.246 e. The first-order chi connectivity index (χ1) is 11.1. The molecule has 0 aromatic carbocycles. The Hall–Kier alpha value is -1.14. The van der Waals surface area contributed by atoms with Crippen LogP contribution in [0, 0.1) is 5.92 Å². The van der Waals surface area contributed by atoms with Crippen molar-refractivity contribution >= 4 is 11.8 Å². The van der Waals surface area contributed by atoms with Gasteiger partial charge in [-0.1, -0.05) is 20.8 Å². The van der Waals surface area contributed by atoms with Crippen LogP contribution in [-0.4, -0.2) is 50.8 Å². The number of unbranched alkanes of at least 4 members (excludes halogenated alkanes) is 2. The Morgan fingerprint density at radius 3 is 1.67 bits per heavy atom. The van der Waals surface area contributed by atoms with Gasteiger partial charge in [0.15, 0.2) is 0 Å². The SMILES string of the molecule is CC(C)C.COCC(=O)NCCCCCNC(=O)COC(C)(C)C. The van der Waals surface area contributed by atoms with Crippen LogP contribution in [0.5, 0.6) is 0 Å². The van der Waals surface area contributed by atoms with Crippen molar-refractivity contribution in [3.8, 4) is 0 Å². The Labute approximate surface area is 148 Å². The number of methoxy groups -OCH3 is 1. The predicted octanol–water partition coefficient (Wildman–Crippen LogP) is 2.51. The molecule has 0 heterocycles. The molecule has 0 saturated heterocycles. The molecule has 0 rings (SSSR count). The molecule has 6 nitrogen and oxygen atoms in total. The second-order valence-corrected chi connectivity index (χ2v) is 7.33. The van der Waals surface area contributed by atoms with Crippen molar-refractivity contribution in [2.45, 2.75) is 66.4 Å². The maximum atomic E-state index is 11.4. The standard InChI is InChI=1S/C14H28N2O4.C4H10/c1-14(2,3)20-11-13(18)16-9-7-5-6-8-15-12(17)10-19-4;1-4(2)3/h5-11H2,1-4H3,(H,15,17)(H,16,18);4H,1-3H3. The average Bonchev–Trinajstić information content (AvgIpc) is 2.43. The van der Waals surface area contributed by atoms with Crippen molar-refractivity contribution in [2.75, 3.05) is 33.4 Å². The van der Waals surface area contributed by atoms with Crippen molar-refractivity contribution in [1.82, 2.24) is 10.6 Å². The van der Waals surface area contributed by atoms with Gasteiger partial charge >= 0.3 is 0 Å². The summed E-state index contributed by atoms with van der Waals surface area (Å²) in [6.07, 6.45) is 2.74. The molecule has 6 heteroatoms. The average molecular weight is 347 g/mol. The van der Waals surface area contributed by atoms with Crippen LogP contribution < -0.4 is 10.6 Å². The Bertz CT molecular complexity index is 323. The summed E-state index contributed by atoms with van der Waals surface area (Å²) in [5.41, 5.74) is -0.294. The molecule has 0 aliphatic heterocycles. The minimum absolute atomic E-state index is 0.0895. The van der Waals surface area contributed by atoms with Gasteiger partial charge in [-0.25, -0.2) is 0 Å². The van der Waals surface area contributed by atoms with Gasteiger partial charge in [0.1, 0.15) is 13.2 Å². The molecule has 0 atom stereocenters. The third-order valence-electron chi connectivity index (χ3n) is 2.41. The van der Waals surface area contributed by atoms with Gasteiger partial charge in [-0.3, -0.25) is 9.59 Å². The van der Waals surface area contributed by atoms with Crippen LogP contribution in [-0.2, 0) is 19.1 Å². The van der Waals surface area contributed by atoms with Gasteiger partial charge in [0.25, 0.3) is 0 Å². The van der Waals surface area contributed by atoms with E-state index in [9.17, 15) is 9.59 Å². The lowest BCUT2D eigenvalue weighted by molar-refractivity contribution is -0.130. The summed E-state index contributed by atoms with van der Waals surface area (Å²) in [5, 5.41) is 5.55. The highest BCUT2D eigenvalue weighted by Gasteiger charge is 2.12. The third kappa shape index (κ3) is 25.8. The highest BCUT2D eigenvalue weighted by molar-refractivity contribution is 5.77. The van der Waals surface area contributed by atoms with Gasteiger partial charge in [-0.2, -0.15) is 0 Å². The second-order valence-electron chi connectivity index (χ2n) is 7.33. The van der Waals surface area contributed by atoms with E-state index in [1.54, 1.807) is 0 Å². The zero-order chi connectivity index (χ0) is 19.0. The van der Waals surface area contributed by atoms with Gasteiger partial charge in [-0.05, 0) is 46.0 Å². The summed E-state index contributed by atoms with van der Waals surface area (Å²) in [4.78, 5) is 22.5. The molecule has 0 unspecified atom stereocenters. The topological polar surface area (TPSA) is 76.7 Å². The molecule has 0 fully saturated rings. The number of hydrogen-bond donors (Lipinski definition) is 2. The van der Waals surface area contributed by atoms with E-state index < -0.39 is 0 Å². The summed E-state index contributed by atoms with van der Waals surface area (Å²) in [6, 6.07) is 0. The monoisotopic (exact) mass is 346 g/mol. The molecule has 2 N–H and O–H groups in total. The number of ether oxygens (including phenoxy) is 2. The van der Waals surface area contributed by atoms with E-state index in [0.717, 1.165) is 25.2 Å². The van der Waals surface area contributed by atoms with E-state index in [1.165, 1.54) is 7.11 Å². The van der Waals surface area contributed by atoms with E-state index in [2.05, 4.69) is 31.4 Å². The number of nitrogens with one attached hydrogen (secondary N) is 2. The van der Waals surface area contributed by atoms with Crippen molar-refractivity contribution in [3.63, 3.8) is 0 Å². The van der Waals surface area contributed by atoms with Crippen LogP contribution in [0.2, 0.25) is 0 Å². The second kappa shape index (κ2) is 15.4. The molecule has 24 heavy (non-hydrogen) atoms. The molecule has 2 amide bonds. The van der Waals surface area contributed by atoms with Crippen molar-refractivity contribution in [3.05, 3.63) is 0 Å². The van der Waals surface area contributed by atoms with E-state index in [4.69, 9.17) is 9.47 Å². The zero-order valence-corrected chi connectivity index (χ0v) is 16.7. The molecular formula is C18H38N2O4. The maximum Gasteiger partial charge on any atom is 0.246 e. The van der Waals surface area contributed by atoms with E-state index >= 15 is 0 Å². The summed E-state index contributed by atoms with van der Waals surface area (Å²) in [6.45, 7) is 13.7. The molecular weight excluding hydrogens is 308 g/mol. The number of carbonyl (C=O) groups is 2. The number of carbonyl (C=O) groups excluding carboxylic acids is 2. The molecule has 0 radical (unpaired) electrons. The largest absolute Gasteiger partial charge is 0.375 e. The summed E-state index contributed by atoms with van der Waals surface area (Å²) >= 11 is 0. The first-order valence-corrected chi connectivity index (χ1v) is 8.74. The van der Waals surface area contributed by atoms with Crippen molar-refractivity contribution < 1.29 is 19.1 Å². The number of rotatable bonds is 10. The molecule has 0 saturated carbocycles. The van der Waals surface area contributed by atoms with Gasteiger partial charge in [0.05, 0.1) is 5.60 Å². The van der Waals surface area contributed by atoms with E-state index in [-0.39, 0.29) is 30.6 Å². The Balaban J connectivity index is 0. The lowest BCUT2D eigenvalue weighted by atomic mass is 10.2. The van der Waals surface area contributed by atoms with Crippen LogP contribution >= 0.6 is 0 Å². The fraction of sp³-hybridized carbons (Fsp3) is 0.889. The molecule has 0 aliphatic carbocycles. The summed E-state index contributed by atoms with van der Waals surface area (Å²) in [5.74, 6) is 0.647. The molecule has 144 valence electrons. The van der Waals surface area contributed by atoms with E-state index in [1.807, 2.05) is 20.8 Å². The van der Waals surface area contributed by atoms with Gasteiger partial charge in [-0.15, -0.1) is 0 Å². The Kier molecular flexibility index (Phi) is 16.1. The first-order valence-electron chi connectivity index (χ1n) is 8.74. The fourth-order valence-corrected chi connectivity index (χ4v) is 1.40. The molecule has 0 aliphatic rings. The highest BCUT2D eigenvalue weighted by Crippen LogP contribution is 2.05. The molecule has 0 aromatic rings. The molecule has 0 aromatic heterocycles. The van der Waals surface area contributed by atoms with Crippen LogP contribution in [0.15, 0.2) is 0 Å². The summed E-state index contributed by atoms with van der Waals surface area (Å²) < 4.78 is 10.1. The Morgan fingerprint density at radius 2 is 1.29 bits per heavy atom. The highest BCUT2D eigenvalue weighted by atomic mass is 16.5. The lowest BCUT2D eigenvalue weighted by Gasteiger charge is -2.18. The van der Waals surface area contributed by atoms with Crippen LogP contribution in [0.3, 0.4) is 0 Å². The fourth-order valence-electron chi connectivity index (χ4n) is 1.40. The molecule has 0 spiro atoms. The van der Waals surface area contributed by atoms with Gasteiger partial charge in [0, 0.05) is 20.2 Å². The van der Waals surface area contributed by atoms with Crippen molar-refractivity contribution in [1.29, 1.82) is 0 Å².